The molecular weight excluding hydrogens is 426 g/mol. The molecule has 3 heterocycles. The number of para-hydroxylation sites is 4. The highest BCUT2D eigenvalue weighted by atomic mass is 16.6. The van der Waals surface area contributed by atoms with Crippen molar-refractivity contribution < 1.29 is 28.6 Å². The minimum atomic E-state index is -0.780. The SMILES string of the molecule is CC(=O)N1C[C@H](C(=O)N2CCN(C(=O)[C@H]3COc4ccccc4O3)CC2)Oc2ccccc21. The van der Waals surface area contributed by atoms with E-state index in [1.165, 1.54) is 6.92 Å². The minimum Gasteiger partial charge on any atom is -0.485 e. The summed E-state index contributed by atoms with van der Waals surface area (Å²) in [5, 5.41) is 0. The van der Waals surface area contributed by atoms with Crippen molar-refractivity contribution in [3.63, 3.8) is 0 Å². The molecule has 0 spiro atoms. The van der Waals surface area contributed by atoms with Crippen molar-refractivity contribution in [1.29, 1.82) is 0 Å². The summed E-state index contributed by atoms with van der Waals surface area (Å²) >= 11 is 0. The Labute approximate surface area is 191 Å². The number of fused-ring (bicyclic) bond motifs is 2. The fourth-order valence-electron chi connectivity index (χ4n) is 4.36. The van der Waals surface area contributed by atoms with Crippen molar-refractivity contribution in [2.75, 3.05) is 44.2 Å². The van der Waals surface area contributed by atoms with E-state index in [0.29, 0.717) is 49.1 Å². The Hall–Kier alpha value is -3.75. The molecule has 0 aromatic heterocycles. The van der Waals surface area contributed by atoms with Crippen LogP contribution in [0.1, 0.15) is 6.92 Å². The molecule has 2 atom stereocenters. The lowest BCUT2D eigenvalue weighted by molar-refractivity contribution is -0.148. The van der Waals surface area contributed by atoms with Crippen LogP contribution in [-0.2, 0) is 14.4 Å². The lowest BCUT2D eigenvalue weighted by Gasteiger charge is -2.40. The molecule has 172 valence electrons. The highest BCUT2D eigenvalue weighted by Gasteiger charge is 2.38. The molecule has 3 aliphatic heterocycles. The summed E-state index contributed by atoms with van der Waals surface area (Å²) < 4.78 is 17.4. The number of anilines is 1. The van der Waals surface area contributed by atoms with E-state index < -0.39 is 12.2 Å². The van der Waals surface area contributed by atoms with E-state index in [4.69, 9.17) is 14.2 Å². The summed E-state index contributed by atoms with van der Waals surface area (Å²) in [5.74, 6) is 1.22. The van der Waals surface area contributed by atoms with E-state index in [1.54, 1.807) is 39.0 Å². The zero-order valence-corrected chi connectivity index (χ0v) is 18.3. The van der Waals surface area contributed by atoms with Gasteiger partial charge in [-0.05, 0) is 24.3 Å². The molecule has 0 radical (unpaired) electrons. The molecule has 0 N–H and O–H groups in total. The number of piperazine rings is 1. The first kappa shape index (κ1) is 21.1. The Morgan fingerprint density at radius 2 is 1.30 bits per heavy atom. The van der Waals surface area contributed by atoms with E-state index in [0.717, 1.165) is 0 Å². The lowest BCUT2D eigenvalue weighted by Crippen LogP contribution is -2.58. The fraction of sp³-hybridized carbons (Fsp3) is 0.375. The number of hydrogen-bond donors (Lipinski definition) is 0. The molecule has 2 aromatic carbocycles. The van der Waals surface area contributed by atoms with Crippen molar-refractivity contribution in [2.45, 2.75) is 19.1 Å². The van der Waals surface area contributed by atoms with Crippen LogP contribution < -0.4 is 19.1 Å². The zero-order chi connectivity index (χ0) is 22.9. The van der Waals surface area contributed by atoms with Gasteiger partial charge in [0, 0.05) is 33.1 Å². The van der Waals surface area contributed by atoms with Gasteiger partial charge in [0.25, 0.3) is 11.8 Å². The van der Waals surface area contributed by atoms with Crippen LogP contribution in [0.3, 0.4) is 0 Å². The van der Waals surface area contributed by atoms with Crippen LogP contribution in [0.5, 0.6) is 17.2 Å². The number of ether oxygens (including phenoxy) is 3. The van der Waals surface area contributed by atoms with Crippen LogP contribution in [0.2, 0.25) is 0 Å². The molecule has 9 heteroatoms. The first-order valence-corrected chi connectivity index (χ1v) is 11.0. The topological polar surface area (TPSA) is 88.6 Å². The molecule has 1 fully saturated rings. The lowest BCUT2D eigenvalue weighted by atomic mass is 10.1. The number of hydrogen-bond acceptors (Lipinski definition) is 6. The van der Waals surface area contributed by atoms with Crippen molar-refractivity contribution in [1.82, 2.24) is 9.80 Å². The average Bonchev–Trinajstić information content (AvgIpc) is 2.86. The normalized spacial score (nSPS) is 21.7. The molecule has 9 nitrogen and oxygen atoms in total. The quantitative estimate of drug-likeness (QED) is 0.684. The smallest absolute Gasteiger partial charge is 0.267 e. The number of carbonyl (C=O) groups excluding carboxylic acids is 3. The third kappa shape index (κ3) is 4.06. The maximum atomic E-state index is 13.2. The Morgan fingerprint density at radius 1 is 0.758 bits per heavy atom. The molecule has 3 aliphatic rings. The van der Waals surface area contributed by atoms with Gasteiger partial charge in [-0.2, -0.15) is 0 Å². The fourth-order valence-corrected chi connectivity index (χ4v) is 4.36. The van der Waals surface area contributed by atoms with Crippen molar-refractivity contribution in [3.8, 4) is 17.2 Å². The molecule has 0 saturated carbocycles. The molecule has 2 aromatic rings. The van der Waals surface area contributed by atoms with Crippen molar-refractivity contribution in [3.05, 3.63) is 48.5 Å². The summed E-state index contributed by atoms with van der Waals surface area (Å²) in [4.78, 5) is 43.2. The maximum absolute atomic E-state index is 13.2. The van der Waals surface area contributed by atoms with Gasteiger partial charge in [0.05, 0.1) is 12.2 Å². The zero-order valence-electron chi connectivity index (χ0n) is 18.3. The van der Waals surface area contributed by atoms with Gasteiger partial charge in [0.1, 0.15) is 12.4 Å². The second kappa shape index (κ2) is 8.65. The van der Waals surface area contributed by atoms with Gasteiger partial charge < -0.3 is 28.9 Å². The highest BCUT2D eigenvalue weighted by molar-refractivity contribution is 5.96. The average molecular weight is 451 g/mol. The summed E-state index contributed by atoms with van der Waals surface area (Å²) in [6.07, 6.45) is -1.48. The minimum absolute atomic E-state index is 0.143. The predicted octanol–water partition coefficient (Wildman–Crippen LogP) is 1.31. The number of carbonyl (C=O) groups is 3. The number of benzene rings is 2. The van der Waals surface area contributed by atoms with Crippen LogP contribution in [0, 0.1) is 0 Å². The van der Waals surface area contributed by atoms with Crippen molar-refractivity contribution >= 4 is 23.4 Å². The van der Waals surface area contributed by atoms with E-state index in [9.17, 15) is 14.4 Å². The molecule has 33 heavy (non-hydrogen) atoms. The Bertz CT molecular complexity index is 1080. The number of amides is 3. The highest BCUT2D eigenvalue weighted by Crippen LogP contribution is 2.34. The van der Waals surface area contributed by atoms with Gasteiger partial charge in [0.15, 0.2) is 17.6 Å². The van der Waals surface area contributed by atoms with Crippen LogP contribution >= 0.6 is 0 Å². The number of rotatable bonds is 2. The van der Waals surface area contributed by atoms with Crippen LogP contribution in [0.15, 0.2) is 48.5 Å². The molecule has 0 aliphatic carbocycles. The summed E-state index contributed by atoms with van der Waals surface area (Å²) in [6.45, 7) is 3.36. The first-order chi connectivity index (χ1) is 16.0. The molecule has 0 bridgehead atoms. The molecular formula is C24H25N3O6. The number of nitrogens with zero attached hydrogens (tertiary/aromatic N) is 3. The third-order valence-electron chi connectivity index (χ3n) is 6.12. The summed E-state index contributed by atoms with van der Waals surface area (Å²) in [7, 11) is 0. The Kier molecular flexibility index (Phi) is 5.53. The van der Waals surface area contributed by atoms with Crippen LogP contribution in [-0.4, -0.2) is 79.1 Å². The van der Waals surface area contributed by atoms with E-state index in [1.807, 2.05) is 24.3 Å². The van der Waals surface area contributed by atoms with E-state index >= 15 is 0 Å². The Balaban J connectivity index is 1.20. The van der Waals surface area contributed by atoms with Gasteiger partial charge in [0.2, 0.25) is 12.0 Å². The molecule has 0 unspecified atom stereocenters. The monoisotopic (exact) mass is 451 g/mol. The van der Waals surface area contributed by atoms with Gasteiger partial charge in [-0.3, -0.25) is 14.4 Å². The van der Waals surface area contributed by atoms with Gasteiger partial charge in [-0.25, -0.2) is 0 Å². The second-order valence-electron chi connectivity index (χ2n) is 8.22. The van der Waals surface area contributed by atoms with Crippen LogP contribution in [0.25, 0.3) is 0 Å². The Morgan fingerprint density at radius 3 is 1.97 bits per heavy atom. The van der Waals surface area contributed by atoms with Gasteiger partial charge in [-0.15, -0.1) is 0 Å². The van der Waals surface area contributed by atoms with E-state index in [2.05, 4.69) is 0 Å². The van der Waals surface area contributed by atoms with E-state index in [-0.39, 0.29) is 30.9 Å². The van der Waals surface area contributed by atoms with Gasteiger partial charge >= 0.3 is 0 Å². The molecule has 3 amide bonds. The maximum Gasteiger partial charge on any atom is 0.267 e. The standard InChI is InChI=1S/C24H25N3O6/c1-16(28)27-14-21(32-18-7-3-2-6-17(18)27)23(29)25-10-12-26(13-11-25)24(30)22-15-31-19-8-4-5-9-20(19)33-22/h2-9,21-22H,10-15H2,1H3/t21-,22-/m1/s1. The third-order valence-corrected chi connectivity index (χ3v) is 6.12. The first-order valence-electron chi connectivity index (χ1n) is 11.0. The van der Waals surface area contributed by atoms with Gasteiger partial charge in [-0.1, -0.05) is 24.3 Å². The molecule has 1 saturated heterocycles. The summed E-state index contributed by atoms with van der Waals surface area (Å²) in [6, 6.07) is 14.5. The molecule has 5 rings (SSSR count). The second-order valence-corrected chi connectivity index (χ2v) is 8.22. The summed E-state index contributed by atoms with van der Waals surface area (Å²) in [5.41, 5.74) is 0.667. The van der Waals surface area contributed by atoms with Crippen LogP contribution in [0.4, 0.5) is 5.69 Å². The van der Waals surface area contributed by atoms with Crippen molar-refractivity contribution in [2.24, 2.45) is 0 Å². The predicted molar refractivity (Wildman–Crippen MR) is 118 cm³/mol. The largest absolute Gasteiger partial charge is 0.485 e.